The van der Waals surface area contributed by atoms with Crippen molar-refractivity contribution in [2.45, 2.75) is 24.2 Å². The molecule has 16 heavy (non-hydrogen) atoms. The van der Waals surface area contributed by atoms with Gasteiger partial charge in [-0.25, -0.2) is 13.4 Å². The molecule has 5 nitrogen and oxygen atoms in total. The van der Waals surface area contributed by atoms with Crippen LogP contribution in [0.2, 0.25) is 0 Å². The molecule has 1 saturated heterocycles. The third-order valence-electron chi connectivity index (χ3n) is 2.74. The van der Waals surface area contributed by atoms with Crippen molar-refractivity contribution in [3.8, 4) is 0 Å². The molecule has 0 amide bonds. The minimum atomic E-state index is -3.41. The number of hydrogen-bond donors (Lipinski definition) is 0. The number of aromatic nitrogens is 2. The van der Waals surface area contributed by atoms with E-state index in [0.717, 1.165) is 5.75 Å². The van der Waals surface area contributed by atoms with Gasteiger partial charge in [0.25, 0.3) is 10.0 Å². The van der Waals surface area contributed by atoms with Crippen LogP contribution in [-0.2, 0) is 17.1 Å². The first-order valence-electron chi connectivity index (χ1n) is 5.06. The first-order valence-corrected chi connectivity index (χ1v) is 7.55. The molecule has 1 atom stereocenters. The second kappa shape index (κ2) is 4.05. The van der Waals surface area contributed by atoms with Gasteiger partial charge in [-0.2, -0.15) is 4.31 Å². The molecule has 7 heteroatoms. The van der Waals surface area contributed by atoms with Gasteiger partial charge in [-0.1, -0.05) is 0 Å². The molecular weight excluding hydrogens is 246 g/mol. The van der Waals surface area contributed by atoms with Crippen molar-refractivity contribution in [1.29, 1.82) is 0 Å². The van der Waals surface area contributed by atoms with Crippen molar-refractivity contribution in [1.82, 2.24) is 13.9 Å². The van der Waals surface area contributed by atoms with Crippen LogP contribution in [0.4, 0.5) is 0 Å². The molecule has 1 aromatic heterocycles. The molecule has 2 heterocycles. The number of nitrogens with zero attached hydrogens (tertiary/aromatic N) is 3. The summed E-state index contributed by atoms with van der Waals surface area (Å²) in [6.07, 6.45) is 1.57. The predicted octanol–water partition coefficient (Wildman–Crippen LogP) is 0.812. The number of sulfonamides is 1. The zero-order chi connectivity index (χ0) is 11.9. The largest absolute Gasteiger partial charge is 0.337 e. The van der Waals surface area contributed by atoms with E-state index >= 15 is 0 Å². The molecule has 2 rings (SSSR count). The average Bonchev–Trinajstić information content (AvgIpc) is 2.75. The fraction of sp³-hybridized carbons (Fsp3) is 0.667. The Hall–Kier alpha value is -0.530. The van der Waals surface area contributed by atoms with Gasteiger partial charge in [-0.3, -0.25) is 0 Å². The maximum absolute atomic E-state index is 12.2. The summed E-state index contributed by atoms with van der Waals surface area (Å²) in [5.74, 6) is 1.56. The second-order valence-electron chi connectivity index (χ2n) is 3.82. The van der Waals surface area contributed by atoms with Crippen LogP contribution in [0.3, 0.4) is 0 Å². The summed E-state index contributed by atoms with van der Waals surface area (Å²) in [5, 5.41) is 0.161. The van der Waals surface area contributed by atoms with E-state index in [4.69, 9.17) is 0 Å². The summed E-state index contributed by atoms with van der Waals surface area (Å²) >= 11 is 1.65. The van der Waals surface area contributed by atoms with Gasteiger partial charge in [0, 0.05) is 25.5 Å². The van der Waals surface area contributed by atoms with Crippen LogP contribution in [0.15, 0.2) is 11.2 Å². The molecule has 1 aliphatic heterocycles. The van der Waals surface area contributed by atoms with Gasteiger partial charge < -0.3 is 4.57 Å². The standard InChI is InChI=1S/C9H15N3O2S2/c1-7-10-9(6-11(7)3)16(13,14)12-4-5-15-8(12)2/h6,8H,4-5H2,1-3H3. The maximum Gasteiger partial charge on any atom is 0.263 e. The Kier molecular flexibility index (Phi) is 3.02. The lowest BCUT2D eigenvalue weighted by Crippen LogP contribution is -2.33. The van der Waals surface area contributed by atoms with E-state index in [1.165, 1.54) is 4.31 Å². The summed E-state index contributed by atoms with van der Waals surface area (Å²) < 4.78 is 27.7. The monoisotopic (exact) mass is 261 g/mol. The van der Waals surface area contributed by atoms with Crippen LogP contribution < -0.4 is 0 Å². The van der Waals surface area contributed by atoms with Gasteiger partial charge in [-0.05, 0) is 13.8 Å². The van der Waals surface area contributed by atoms with Gasteiger partial charge in [0.2, 0.25) is 0 Å². The van der Waals surface area contributed by atoms with Crippen molar-refractivity contribution in [2.24, 2.45) is 7.05 Å². The number of rotatable bonds is 2. The molecule has 0 radical (unpaired) electrons. The van der Waals surface area contributed by atoms with Gasteiger partial charge in [0.1, 0.15) is 5.82 Å². The van der Waals surface area contributed by atoms with E-state index < -0.39 is 10.0 Å². The van der Waals surface area contributed by atoms with E-state index in [2.05, 4.69) is 4.98 Å². The highest BCUT2D eigenvalue weighted by Crippen LogP contribution is 2.28. The molecule has 0 bridgehead atoms. The highest BCUT2D eigenvalue weighted by molar-refractivity contribution is 8.01. The van der Waals surface area contributed by atoms with Crippen molar-refractivity contribution >= 4 is 21.8 Å². The molecule has 1 aromatic rings. The second-order valence-corrected chi connectivity index (χ2v) is 7.08. The van der Waals surface area contributed by atoms with Crippen LogP contribution in [0, 0.1) is 6.92 Å². The Morgan fingerprint density at radius 3 is 2.69 bits per heavy atom. The molecule has 90 valence electrons. The number of imidazole rings is 1. The Morgan fingerprint density at radius 2 is 2.25 bits per heavy atom. The molecule has 1 unspecified atom stereocenters. The summed E-state index contributed by atoms with van der Waals surface area (Å²) in [7, 11) is -1.61. The summed E-state index contributed by atoms with van der Waals surface area (Å²) in [4.78, 5) is 4.08. The lowest BCUT2D eigenvalue weighted by Gasteiger charge is -2.18. The van der Waals surface area contributed by atoms with Crippen LogP contribution in [-0.4, -0.2) is 39.9 Å². The van der Waals surface area contributed by atoms with Gasteiger partial charge >= 0.3 is 0 Å². The van der Waals surface area contributed by atoms with E-state index in [9.17, 15) is 8.42 Å². The number of aryl methyl sites for hydroxylation is 2. The zero-order valence-corrected chi connectivity index (χ0v) is 11.2. The van der Waals surface area contributed by atoms with Gasteiger partial charge in [-0.15, -0.1) is 11.8 Å². The Morgan fingerprint density at radius 1 is 1.56 bits per heavy atom. The van der Waals surface area contributed by atoms with Crippen molar-refractivity contribution in [2.75, 3.05) is 12.3 Å². The zero-order valence-electron chi connectivity index (χ0n) is 9.54. The van der Waals surface area contributed by atoms with E-state index in [0.29, 0.717) is 12.4 Å². The smallest absolute Gasteiger partial charge is 0.263 e. The fourth-order valence-corrected chi connectivity index (χ4v) is 4.72. The quantitative estimate of drug-likeness (QED) is 0.790. The van der Waals surface area contributed by atoms with Crippen molar-refractivity contribution < 1.29 is 8.42 Å². The number of hydrogen-bond acceptors (Lipinski definition) is 4. The van der Waals surface area contributed by atoms with Crippen LogP contribution >= 0.6 is 11.8 Å². The molecule has 1 aliphatic rings. The summed E-state index contributed by atoms with van der Waals surface area (Å²) in [6.45, 7) is 4.27. The lowest BCUT2D eigenvalue weighted by atomic mass is 10.7. The molecule has 0 saturated carbocycles. The molecule has 0 spiro atoms. The van der Waals surface area contributed by atoms with Crippen molar-refractivity contribution in [3.63, 3.8) is 0 Å². The van der Waals surface area contributed by atoms with Gasteiger partial charge in [0.15, 0.2) is 5.03 Å². The molecule has 1 fully saturated rings. The van der Waals surface area contributed by atoms with Crippen LogP contribution in [0.5, 0.6) is 0 Å². The maximum atomic E-state index is 12.2. The lowest BCUT2D eigenvalue weighted by molar-refractivity contribution is 0.439. The van der Waals surface area contributed by atoms with Gasteiger partial charge in [0.05, 0.1) is 5.37 Å². The first kappa shape index (κ1) is 11.9. The predicted molar refractivity (Wildman–Crippen MR) is 63.8 cm³/mol. The highest BCUT2D eigenvalue weighted by atomic mass is 32.2. The molecule has 0 aliphatic carbocycles. The summed E-state index contributed by atoms with van der Waals surface area (Å²) in [6, 6.07) is 0. The minimum Gasteiger partial charge on any atom is -0.337 e. The molecular formula is C9H15N3O2S2. The average molecular weight is 261 g/mol. The molecule has 0 N–H and O–H groups in total. The Labute approximate surface area is 99.9 Å². The third-order valence-corrected chi connectivity index (χ3v) is 5.87. The minimum absolute atomic E-state index is 0.00677. The van der Waals surface area contributed by atoms with E-state index in [1.54, 1.807) is 36.5 Å². The Bertz CT molecular complexity index is 475. The van der Waals surface area contributed by atoms with Crippen LogP contribution in [0.25, 0.3) is 0 Å². The summed E-state index contributed by atoms with van der Waals surface area (Å²) in [5.41, 5.74) is 0. The van der Waals surface area contributed by atoms with Crippen molar-refractivity contribution in [3.05, 3.63) is 12.0 Å². The van der Waals surface area contributed by atoms with E-state index in [1.807, 2.05) is 6.92 Å². The fourth-order valence-electron chi connectivity index (χ4n) is 1.66. The van der Waals surface area contributed by atoms with Crippen LogP contribution in [0.1, 0.15) is 12.7 Å². The first-order chi connectivity index (χ1) is 7.43. The Balaban J connectivity index is 2.38. The topological polar surface area (TPSA) is 55.2 Å². The number of thioether (sulfide) groups is 1. The van der Waals surface area contributed by atoms with E-state index in [-0.39, 0.29) is 10.4 Å². The highest BCUT2D eigenvalue weighted by Gasteiger charge is 2.34. The molecule has 0 aromatic carbocycles. The SMILES string of the molecule is Cc1nc(S(=O)(=O)N2CCSC2C)cn1C. The third kappa shape index (κ3) is 1.87. The normalized spacial score (nSPS) is 22.8.